The number of ether oxygens (including phenoxy) is 1. The predicted molar refractivity (Wildman–Crippen MR) is 91.5 cm³/mol. The van der Waals surface area contributed by atoms with Gasteiger partial charge in [0.1, 0.15) is 5.60 Å². The molecule has 1 amide bonds. The number of benzene rings is 1. The Hall–Kier alpha value is -1.84. The molecule has 1 unspecified atom stereocenters. The molecule has 0 aromatic heterocycles. The van der Waals surface area contributed by atoms with Gasteiger partial charge in [-0.05, 0) is 51.5 Å². The average Bonchev–Trinajstić information content (AvgIpc) is 2.53. The maximum atomic E-state index is 13.3. The first-order valence-electron chi connectivity index (χ1n) is 8.78. The van der Waals surface area contributed by atoms with Crippen molar-refractivity contribution in [2.45, 2.75) is 51.8 Å². The summed E-state index contributed by atoms with van der Waals surface area (Å²) in [5.41, 5.74) is -1.80. The van der Waals surface area contributed by atoms with Crippen LogP contribution in [0.1, 0.15) is 44.7 Å². The number of hydrogen-bond acceptors (Lipinski definition) is 4. The second-order valence-corrected chi connectivity index (χ2v) is 7.79. The second kappa shape index (κ2) is 8.04. The molecular formula is C18H25F3N2O4. The minimum atomic E-state index is -4.61. The SMILES string of the molecule is CC(C)(C)OC(=O)N1CCC(Cc2ccc([NH+]([O-])O)cc2C(F)(F)F)CC1. The van der Waals surface area contributed by atoms with Crippen molar-refractivity contribution in [1.82, 2.24) is 4.90 Å². The Morgan fingerprint density at radius 2 is 1.89 bits per heavy atom. The first kappa shape index (κ1) is 21.5. The summed E-state index contributed by atoms with van der Waals surface area (Å²) in [7, 11) is 0. The fourth-order valence-corrected chi connectivity index (χ4v) is 3.11. The number of nitrogens with zero attached hydrogens (tertiary/aromatic N) is 1. The molecule has 0 radical (unpaired) electrons. The van der Waals surface area contributed by atoms with E-state index in [0.29, 0.717) is 32.0 Å². The van der Waals surface area contributed by atoms with Gasteiger partial charge in [-0.2, -0.15) is 18.4 Å². The molecule has 1 aromatic rings. The lowest BCUT2D eigenvalue weighted by Gasteiger charge is -2.33. The van der Waals surface area contributed by atoms with Gasteiger partial charge in [-0.25, -0.2) is 10.0 Å². The summed E-state index contributed by atoms with van der Waals surface area (Å²) >= 11 is 0. The highest BCUT2D eigenvalue weighted by atomic mass is 19.4. The first-order valence-corrected chi connectivity index (χ1v) is 8.78. The monoisotopic (exact) mass is 390 g/mol. The van der Waals surface area contributed by atoms with Gasteiger partial charge in [0.25, 0.3) is 0 Å². The second-order valence-electron chi connectivity index (χ2n) is 7.79. The molecule has 1 heterocycles. The van der Waals surface area contributed by atoms with Crippen molar-refractivity contribution in [3.63, 3.8) is 0 Å². The predicted octanol–water partition coefficient (Wildman–Crippen LogP) is 3.30. The number of carbonyl (C=O) groups is 1. The number of amides is 1. The molecule has 2 N–H and O–H groups in total. The first-order chi connectivity index (χ1) is 12.4. The van der Waals surface area contributed by atoms with Crippen molar-refractivity contribution in [2.24, 2.45) is 5.92 Å². The molecule has 1 aliphatic heterocycles. The highest BCUT2D eigenvalue weighted by molar-refractivity contribution is 5.68. The van der Waals surface area contributed by atoms with Gasteiger partial charge in [0, 0.05) is 25.2 Å². The summed E-state index contributed by atoms with van der Waals surface area (Å²) in [6.07, 6.45) is -3.70. The van der Waals surface area contributed by atoms with Crippen LogP contribution in [0.2, 0.25) is 0 Å². The molecule has 2 rings (SSSR count). The Bertz CT molecular complexity index is 664. The Kier molecular flexibility index (Phi) is 6.39. The van der Waals surface area contributed by atoms with Gasteiger partial charge in [-0.15, -0.1) is 0 Å². The van der Waals surface area contributed by atoms with Gasteiger partial charge in [0.2, 0.25) is 0 Å². The third kappa shape index (κ3) is 6.08. The number of nitrogens with one attached hydrogen (secondary N) is 1. The van der Waals surface area contributed by atoms with E-state index in [0.717, 1.165) is 0 Å². The molecule has 0 saturated carbocycles. The van der Waals surface area contributed by atoms with Crippen LogP contribution in [-0.2, 0) is 17.3 Å². The Labute approximate surface area is 156 Å². The van der Waals surface area contributed by atoms with Crippen molar-refractivity contribution >= 4 is 11.8 Å². The molecule has 152 valence electrons. The van der Waals surface area contributed by atoms with Crippen molar-refractivity contribution in [3.05, 3.63) is 34.5 Å². The van der Waals surface area contributed by atoms with E-state index in [1.807, 2.05) is 0 Å². The van der Waals surface area contributed by atoms with Gasteiger partial charge in [0.05, 0.1) is 5.56 Å². The zero-order valence-corrected chi connectivity index (χ0v) is 15.6. The zero-order valence-electron chi connectivity index (χ0n) is 15.6. The maximum absolute atomic E-state index is 13.3. The third-order valence-electron chi connectivity index (χ3n) is 4.44. The van der Waals surface area contributed by atoms with Gasteiger partial charge >= 0.3 is 12.3 Å². The molecule has 0 spiro atoms. The zero-order chi connectivity index (χ0) is 20.4. The third-order valence-corrected chi connectivity index (χ3v) is 4.44. The molecule has 1 aromatic carbocycles. The van der Waals surface area contributed by atoms with Crippen molar-refractivity contribution in [3.8, 4) is 0 Å². The van der Waals surface area contributed by atoms with Crippen LogP contribution in [-0.4, -0.2) is 34.9 Å². The molecule has 0 aliphatic carbocycles. The summed E-state index contributed by atoms with van der Waals surface area (Å²) in [4.78, 5) is 13.6. The number of quaternary nitrogens is 1. The van der Waals surface area contributed by atoms with Crippen molar-refractivity contribution in [2.75, 3.05) is 13.1 Å². The number of carbonyl (C=O) groups excluding carboxylic acids is 1. The highest BCUT2D eigenvalue weighted by Crippen LogP contribution is 2.35. The normalized spacial score (nSPS) is 17.7. The van der Waals surface area contributed by atoms with E-state index in [-0.39, 0.29) is 23.6 Å². The van der Waals surface area contributed by atoms with Crippen LogP contribution in [0.5, 0.6) is 0 Å². The Morgan fingerprint density at radius 1 is 1.30 bits per heavy atom. The molecule has 9 heteroatoms. The molecule has 1 fully saturated rings. The molecule has 1 saturated heterocycles. The van der Waals surface area contributed by atoms with E-state index in [2.05, 4.69) is 0 Å². The van der Waals surface area contributed by atoms with Crippen molar-refractivity contribution in [1.29, 1.82) is 0 Å². The number of piperidine rings is 1. The minimum Gasteiger partial charge on any atom is -0.595 e. The summed E-state index contributed by atoms with van der Waals surface area (Å²) in [5.74, 6) is -0.0135. The van der Waals surface area contributed by atoms with Gasteiger partial charge in [-0.3, -0.25) is 0 Å². The largest absolute Gasteiger partial charge is 0.595 e. The van der Waals surface area contributed by atoms with Crippen LogP contribution in [0.25, 0.3) is 0 Å². The molecule has 1 atom stereocenters. The van der Waals surface area contributed by atoms with Crippen molar-refractivity contribution < 1.29 is 33.1 Å². The topological polar surface area (TPSA) is 77.3 Å². The number of halogens is 3. The lowest BCUT2D eigenvalue weighted by atomic mass is 9.88. The van der Waals surface area contributed by atoms with Gasteiger partial charge < -0.3 is 14.8 Å². The molecule has 27 heavy (non-hydrogen) atoms. The Balaban J connectivity index is 2.04. The Morgan fingerprint density at radius 3 is 2.37 bits per heavy atom. The number of alkyl halides is 3. The van der Waals surface area contributed by atoms with Crippen LogP contribution < -0.4 is 5.23 Å². The van der Waals surface area contributed by atoms with E-state index in [1.165, 1.54) is 12.1 Å². The molecule has 6 nitrogen and oxygen atoms in total. The van der Waals surface area contributed by atoms with Crippen LogP contribution in [0.4, 0.5) is 23.7 Å². The van der Waals surface area contributed by atoms with E-state index >= 15 is 0 Å². The molecule has 0 bridgehead atoms. The number of hydrogen-bond donors (Lipinski definition) is 2. The van der Waals surface area contributed by atoms with E-state index in [9.17, 15) is 23.2 Å². The lowest BCUT2D eigenvalue weighted by molar-refractivity contribution is -0.991. The quantitative estimate of drug-likeness (QED) is 0.777. The average molecular weight is 390 g/mol. The minimum absolute atomic E-state index is 0.0135. The standard InChI is InChI=1S/C18H25F3N2O4/c1-17(2,3)27-16(24)22-8-6-12(7-9-22)10-13-4-5-14(23(25)26)11-15(13)18(19,20)21/h4-5,11-12,23,25H,6-10H2,1-3H3. The highest BCUT2D eigenvalue weighted by Gasteiger charge is 2.35. The van der Waals surface area contributed by atoms with Crippen LogP contribution in [0.3, 0.4) is 0 Å². The summed E-state index contributed by atoms with van der Waals surface area (Å²) in [5, 5.41) is 18.5. The molecular weight excluding hydrogens is 365 g/mol. The van der Waals surface area contributed by atoms with E-state index < -0.39 is 28.7 Å². The fourth-order valence-electron chi connectivity index (χ4n) is 3.11. The smallest absolute Gasteiger partial charge is 0.416 e. The fraction of sp³-hybridized carbons (Fsp3) is 0.611. The maximum Gasteiger partial charge on any atom is 0.416 e. The lowest BCUT2D eigenvalue weighted by Crippen LogP contribution is -2.99. The van der Waals surface area contributed by atoms with E-state index in [1.54, 1.807) is 25.7 Å². The summed E-state index contributed by atoms with van der Waals surface area (Å²) < 4.78 is 45.2. The van der Waals surface area contributed by atoms with E-state index in [4.69, 9.17) is 9.94 Å². The summed E-state index contributed by atoms with van der Waals surface area (Å²) in [6.45, 7) is 6.17. The van der Waals surface area contributed by atoms with Crippen LogP contribution in [0.15, 0.2) is 18.2 Å². The van der Waals surface area contributed by atoms with Crippen LogP contribution >= 0.6 is 0 Å². The summed E-state index contributed by atoms with van der Waals surface area (Å²) in [6, 6.07) is 3.13. The van der Waals surface area contributed by atoms with Gasteiger partial charge in [0.15, 0.2) is 5.69 Å². The number of rotatable bonds is 3. The van der Waals surface area contributed by atoms with Crippen LogP contribution in [0, 0.1) is 11.1 Å². The number of likely N-dealkylation sites (tertiary alicyclic amines) is 1. The molecule has 1 aliphatic rings. The van der Waals surface area contributed by atoms with Gasteiger partial charge in [-0.1, -0.05) is 6.07 Å².